The molecule has 0 N–H and O–H groups in total. The van der Waals surface area contributed by atoms with E-state index in [2.05, 4.69) is 384 Å². The summed E-state index contributed by atoms with van der Waals surface area (Å²) in [6.07, 6.45) is 13.4. The summed E-state index contributed by atoms with van der Waals surface area (Å²) in [6, 6.07) is 91.5. The van der Waals surface area contributed by atoms with Crippen LogP contribution in [0.5, 0.6) is 0 Å². The highest BCUT2D eigenvalue weighted by atomic mass is 15.1. The van der Waals surface area contributed by atoms with Gasteiger partial charge in [-0.05, 0) is 206 Å². The Kier molecular flexibility index (Phi) is 17.7. The Labute approximate surface area is 536 Å². The molecule has 0 aliphatic rings. The van der Waals surface area contributed by atoms with E-state index in [1.54, 1.807) is 0 Å². The zero-order valence-electron chi connectivity index (χ0n) is 54.8. The van der Waals surface area contributed by atoms with E-state index >= 15 is 0 Å². The van der Waals surface area contributed by atoms with Crippen molar-refractivity contribution in [2.45, 2.75) is 99.3 Å². The molecule has 0 saturated heterocycles. The number of hydrogen-bond acceptors (Lipinski definition) is 2. The number of anilines is 6. The van der Waals surface area contributed by atoms with E-state index in [0.29, 0.717) is 0 Å². The van der Waals surface area contributed by atoms with E-state index in [1.165, 1.54) is 76.8 Å². The minimum atomic E-state index is 0.0534. The van der Waals surface area contributed by atoms with Gasteiger partial charge in [-0.25, -0.2) is 0 Å². The van der Waals surface area contributed by atoms with Crippen molar-refractivity contribution < 1.29 is 0 Å². The van der Waals surface area contributed by atoms with Crippen molar-refractivity contribution in [1.82, 2.24) is 0 Å². The predicted octanol–water partition coefficient (Wildman–Crippen LogP) is 24.9. The van der Waals surface area contributed by atoms with E-state index < -0.39 is 0 Å². The summed E-state index contributed by atoms with van der Waals surface area (Å²) < 4.78 is 0. The molecule has 2 nitrogen and oxygen atoms in total. The minimum absolute atomic E-state index is 0.0534. The van der Waals surface area contributed by atoms with Crippen molar-refractivity contribution in [2.24, 2.45) is 5.41 Å². The third-order valence-electron chi connectivity index (χ3n) is 16.9. The Morgan fingerprint density at radius 2 is 0.578 bits per heavy atom. The largest absolute Gasteiger partial charge is 0.311 e. The molecule has 2 heteroatoms. The number of fused-ring (bicyclic) bond motifs is 2. The molecule has 0 radical (unpaired) electrons. The Hall–Kier alpha value is -9.76. The van der Waals surface area contributed by atoms with Gasteiger partial charge in [0.1, 0.15) is 0 Å². The van der Waals surface area contributed by atoms with Crippen LogP contribution in [0.1, 0.15) is 128 Å². The average molecular weight is 1170 g/mol. The molecule has 0 spiro atoms. The average Bonchev–Trinajstić information content (AvgIpc) is 0.717. The normalized spacial score (nSPS) is 12.4. The van der Waals surface area contributed by atoms with Gasteiger partial charge in [0.05, 0.1) is 0 Å². The van der Waals surface area contributed by atoms with Gasteiger partial charge in [-0.3, -0.25) is 0 Å². The lowest BCUT2D eigenvalue weighted by atomic mass is 9.78. The topological polar surface area (TPSA) is 6.48 Å². The second kappa shape index (κ2) is 25.8. The molecule has 0 aromatic heterocycles. The van der Waals surface area contributed by atoms with Gasteiger partial charge >= 0.3 is 0 Å². The third kappa shape index (κ3) is 14.4. The molecule has 0 aliphatic carbocycles. The predicted molar refractivity (Wildman–Crippen MR) is 396 cm³/mol. The molecule has 0 aliphatic heterocycles. The lowest BCUT2D eigenvalue weighted by Gasteiger charge is -2.26. The molecule has 90 heavy (non-hydrogen) atoms. The highest BCUT2D eigenvalue weighted by Crippen LogP contribution is 2.42. The van der Waals surface area contributed by atoms with Crippen LogP contribution in [0.4, 0.5) is 34.1 Å². The monoisotopic (exact) mass is 1170 g/mol. The summed E-state index contributed by atoms with van der Waals surface area (Å²) >= 11 is 0. The fourth-order valence-electron chi connectivity index (χ4n) is 11.7. The Balaban J connectivity index is 0.000000201. The number of hydrogen-bond donors (Lipinski definition) is 0. The molecule has 0 saturated carbocycles. The molecule has 0 unspecified atom stereocenters. The van der Waals surface area contributed by atoms with Crippen LogP contribution in [0, 0.1) is 5.41 Å². The molecule has 12 rings (SSSR count). The number of para-hydroxylation sites is 4. The van der Waals surface area contributed by atoms with Gasteiger partial charge in [-0.1, -0.05) is 290 Å². The van der Waals surface area contributed by atoms with Crippen LogP contribution < -0.4 is 15.0 Å². The van der Waals surface area contributed by atoms with Crippen LogP contribution >= 0.6 is 0 Å². The van der Waals surface area contributed by atoms with Crippen LogP contribution in [0.2, 0.25) is 0 Å². The molecule has 0 heterocycles. The third-order valence-corrected chi connectivity index (χ3v) is 16.9. The summed E-state index contributed by atoms with van der Waals surface area (Å²) in [6.45, 7) is 32.4. The summed E-state index contributed by atoms with van der Waals surface area (Å²) in [4.78, 5) is 4.56. The fraction of sp³-hybridized carbons (Fsp3) is 0.182. The quantitative estimate of drug-likeness (QED) is 0.0683. The first-order valence-electron chi connectivity index (χ1n) is 31.8. The SMILES string of the molecule is C(=C\c1ccc(N(c2ccccc2)c2ccccc2)cc1)/c1ccc(-c2ccc(/C=C/c3ccc(N(c4ccccc4)c4ccccc4)cc3)cc2)cc1.C=c1c2cc(C(C)(C)C)cc3cc(C(C)(C)C)cc(c4cc(C(C)(C)C)cc(/C=C/C(C)(C)C)c14)c32. The van der Waals surface area contributed by atoms with Gasteiger partial charge in [0.2, 0.25) is 0 Å². The summed E-state index contributed by atoms with van der Waals surface area (Å²) in [5, 5.41) is 9.08. The Morgan fingerprint density at radius 3 is 0.900 bits per heavy atom. The maximum absolute atomic E-state index is 4.74. The minimum Gasteiger partial charge on any atom is -0.311 e. The Bertz CT molecular complexity index is 4280. The lowest BCUT2D eigenvalue weighted by molar-refractivity contribution is 0.547. The first-order chi connectivity index (χ1) is 43.0. The van der Waals surface area contributed by atoms with Crippen LogP contribution in [0.3, 0.4) is 0 Å². The van der Waals surface area contributed by atoms with E-state index in [1.807, 2.05) is 0 Å². The van der Waals surface area contributed by atoms with Crippen molar-refractivity contribution >= 4 is 103 Å². The van der Waals surface area contributed by atoms with Gasteiger partial charge in [-0.15, -0.1) is 0 Å². The van der Waals surface area contributed by atoms with E-state index in [-0.39, 0.29) is 21.7 Å². The van der Waals surface area contributed by atoms with E-state index in [4.69, 9.17) is 6.58 Å². The van der Waals surface area contributed by atoms with Gasteiger partial charge in [0.15, 0.2) is 0 Å². The standard InChI is InChI=1S/C52H40N2.C36H46/c1-5-13-47(14-6-1)53(48-15-7-2-8-16-48)51-37-29-43(30-38-51)23-21-41-25-33-45(34-26-41)46-35-27-42(28-36-46)22-24-44-31-39-52(40-32-44)54(49-17-9-3-10-18-49)50-19-11-4-12-20-50;1-22-28-19-26(35(8,9)10)17-24-18-27(36(11,12)13)21-30(32(24)28)29-20-25(34(5,6)7)16-23(31(22)29)14-15-33(2,3)4/h1-40H;14-21H,1H2,2-13H3/b23-21+,24-22+;15-14+. The molecule has 448 valence electrons. The number of allylic oxidation sites excluding steroid dienone is 1. The number of nitrogens with zero attached hydrogens (tertiary/aromatic N) is 2. The summed E-state index contributed by atoms with van der Waals surface area (Å²) in [5.74, 6) is 0. The van der Waals surface area contributed by atoms with Crippen molar-refractivity contribution in [1.29, 1.82) is 0 Å². The van der Waals surface area contributed by atoms with Crippen LogP contribution in [0.25, 0.3) is 80.4 Å². The molecular formula is C88H86N2. The molecular weight excluding hydrogens is 1080 g/mol. The van der Waals surface area contributed by atoms with Crippen molar-refractivity contribution in [3.05, 3.63) is 311 Å². The first kappa shape index (κ1) is 61.9. The van der Waals surface area contributed by atoms with Gasteiger partial charge in [0.25, 0.3) is 0 Å². The fourth-order valence-corrected chi connectivity index (χ4v) is 11.7. The van der Waals surface area contributed by atoms with E-state index in [9.17, 15) is 0 Å². The van der Waals surface area contributed by atoms with Crippen molar-refractivity contribution in [3.8, 4) is 11.1 Å². The maximum atomic E-state index is 4.74. The maximum Gasteiger partial charge on any atom is 0.0462 e. The smallest absolute Gasteiger partial charge is 0.0462 e. The summed E-state index contributed by atoms with van der Waals surface area (Å²) in [7, 11) is 0. The molecule has 0 bridgehead atoms. The molecule has 0 amide bonds. The second-order valence-electron chi connectivity index (χ2n) is 28.2. The van der Waals surface area contributed by atoms with Crippen LogP contribution in [0.15, 0.2) is 261 Å². The lowest BCUT2D eigenvalue weighted by Crippen LogP contribution is -2.16. The molecule has 12 aromatic carbocycles. The van der Waals surface area contributed by atoms with Crippen LogP contribution in [-0.4, -0.2) is 0 Å². The van der Waals surface area contributed by atoms with Crippen molar-refractivity contribution in [3.63, 3.8) is 0 Å². The first-order valence-corrected chi connectivity index (χ1v) is 31.8. The molecule has 12 aromatic rings. The Morgan fingerprint density at radius 1 is 0.289 bits per heavy atom. The van der Waals surface area contributed by atoms with Gasteiger partial charge in [0, 0.05) is 34.1 Å². The van der Waals surface area contributed by atoms with Crippen LogP contribution in [-0.2, 0) is 16.2 Å². The highest BCUT2D eigenvalue weighted by Gasteiger charge is 2.24. The van der Waals surface area contributed by atoms with E-state index in [0.717, 1.165) is 50.5 Å². The number of benzene rings is 12. The van der Waals surface area contributed by atoms with Gasteiger partial charge in [-0.2, -0.15) is 0 Å². The van der Waals surface area contributed by atoms with Crippen molar-refractivity contribution in [2.75, 3.05) is 9.80 Å². The molecule has 0 fully saturated rings. The summed E-state index contributed by atoms with van der Waals surface area (Å²) in [5.41, 5.74) is 19.5. The second-order valence-corrected chi connectivity index (χ2v) is 28.2. The number of rotatable bonds is 12. The highest BCUT2D eigenvalue weighted by molar-refractivity contribution is 6.23. The molecule has 0 atom stereocenters. The zero-order chi connectivity index (χ0) is 63.4. The van der Waals surface area contributed by atoms with Gasteiger partial charge < -0.3 is 9.80 Å². The zero-order valence-corrected chi connectivity index (χ0v) is 54.8.